The molecule has 0 saturated carbocycles. The Morgan fingerprint density at radius 3 is 2.32 bits per heavy atom. The van der Waals surface area contributed by atoms with Crippen LogP contribution in [0.4, 0.5) is 0 Å². The third kappa shape index (κ3) is 7.76. The van der Waals surface area contributed by atoms with Gasteiger partial charge in [-0.25, -0.2) is 0 Å². The van der Waals surface area contributed by atoms with Crippen LogP contribution >= 0.6 is 11.3 Å². The molecule has 8 heteroatoms. The van der Waals surface area contributed by atoms with Crippen molar-refractivity contribution in [3.05, 3.63) is 82.6 Å². The molecule has 202 valence electrons. The molecule has 0 spiro atoms. The summed E-state index contributed by atoms with van der Waals surface area (Å²) in [4.78, 5) is 43.9. The highest BCUT2D eigenvalue weighted by Gasteiger charge is 2.34. The normalized spacial score (nSPS) is 13.3. The van der Waals surface area contributed by atoms with E-state index >= 15 is 0 Å². The highest BCUT2D eigenvalue weighted by molar-refractivity contribution is 7.09. The minimum atomic E-state index is -0.806. The fraction of sp³-hybridized carbons (Fsp3) is 0.367. The van der Waals surface area contributed by atoms with Crippen molar-refractivity contribution < 1.29 is 14.4 Å². The van der Waals surface area contributed by atoms with Gasteiger partial charge in [-0.05, 0) is 54.1 Å². The Bertz CT molecular complexity index is 1280. The zero-order valence-corrected chi connectivity index (χ0v) is 23.6. The van der Waals surface area contributed by atoms with Gasteiger partial charge in [0.15, 0.2) is 0 Å². The monoisotopic (exact) mass is 534 g/mol. The van der Waals surface area contributed by atoms with Crippen molar-refractivity contribution in [3.63, 3.8) is 0 Å². The molecule has 0 bridgehead atoms. The molecular formula is C30H38N4O3S. The smallest absolute Gasteiger partial charge is 0.246 e. The average molecular weight is 535 g/mol. The first-order valence-corrected chi connectivity index (χ1v) is 13.6. The van der Waals surface area contributed by atoms with Crippen LogP contribution in [-0.4, -0.2) is 66.3 Å². The molecule has 1 heterocycles. The van der Waals surface area contributed by atoms with Crippen LogP contribution in [0.2, 0.25) is 0 Å². The van der Waals surface area contributed by atoms with Crippen LogP contribution in [-0.2, 0) is 27.2 Å². The number of fused-ring (bicyclic) bond motifs is 1. The molecule has 3 rings (SSSR count). The van der Waals surface area contributed by atoms with Gasteiger partial charge in [-0.2, -0.15) is 0 Å². The van der Waals surface area contributed by atoms with Crippen molar-refractivity contribution in [2.75, 3.05) is 21.1 Å². The predicted octanol–water partition coefficient (Wildman–Crippen LogP) is 3.77. The maximum absolute atomic E-state index is 14.0. The van der Waals surface area contributed by atoms with Gasteiger partial charge in [-0.3, -0.25) is 14.4 Å². The van der Waals surface area contributed by atoms with E-state index in [1.807, 2.05) is 73.8 Å². The number of nitrogens with two attached hydrogens (primary N) is 1. The summed E-state index contributed by atoms with van der Waals surface area (Å²) in [5, 5.41) is 6.79. The summed E-state index contributed by atoms with van der Waals surface area (Å²) in [6.45, 7) is 3.78. The fourth-order valence-corrected chi connectivity index (χ4v) is 5.04. The molecule has 0 saturated heterocycles. The van der Waals surface area contributed by atoms with Crippen LogP contribution in [0.3, 0.4) is 0 Å². The number of carbonyl (C=O) groups excluding carboxylic acids is 3. The first-order valence-electron chi connectivity index (χ1n) is 12.7. The van der Waals surface area contributed by atoms with Gasteiger partial charge in [-0.15, -0.1) is 11.3 Å². The zero-order valence-electron chi connectivity index (χ0n) is 22.8. The van der Waals surface area contributed by atoms with E-state index in [4.69, 9.17) is 5.73 Å². The molecular weight excluding hydrogens is 496 g/mol. The standard InChI is InChI=1S/C30H38N4O3S/c1-30(2,31)16-8-13-27(35)33(4)26(19-21-14-15-22-10-6-7-11-23(22)18-21)29(37)34(5)25(28(36)32-3)20-24-12-9-17-38-24/h6-15,17-18,25-26H,16,19-20,31H2,1-5H3,(H,32,36)/b13-8+/t25-,26-/m1/s1. The minimum absolute atomic E-state index is 0.252. The number of benzene rings is 2. The molecule has 0 unspecified atom stereocenters. The minimum Gasteiger partial charge on any atom is -0.357 e. The van der Waals surface area contributed by atoms with Crippen LogP contribution in [0.5, 0.6) is 0 Å². The third-order valence-corrected chi connectivity index (χ3v) is 7.49. The second-order valence-corrected chi connectivity index (χ2v) is 11.3. The molecule has 1 aromatic heterocycles. The lowest BCUT2D eigenvalue weighted by Gasteiger charge is -2.34. The molecule has 2 aromatic carbocycles. The van der Waals surface area contributed by atoms with E-state index in [1.54, 1.807) is 38.6 Å². The highest BCUT2D eigenvalue weighted by atomic mass is 32.1. The third-order valence-electron chi connectivity index (χ3n) is 6.59. The Kier molecular flexibility index (Phi) is 9.83. The molecule has 0 aliphatic heterocycles. The molecule has 0 aliphatic carbocycles. The molecule has 0 radical (unpaired) electrons. The largest absolute Gasteiger partial charge is 0.357 e. The quantitative estimate of drug-likeness (QED) is 0.366. The van der Waals surface area contributed by atoms with Gasteiger partial charge in [-0.1, -0.05) is 54.6 Å². The number of thiophene rings is 1. The number of hydrogen-bond acceptors (Lipinski definition) is 5. The average Bonchev–Trinajstić information content (AvgIpc) is 3.41. The van der Waals surface area contributed by atoms with Crippen LogP contribution < -0.4 is 11.1 Å². The lowest BCUT2D eigenvalue weighted by Crippen LogP contribution is -2.55. The van der Waals surface area contributed by atoms with Crippen LogP contribution in [0.15, 0.2) is 72.1 Å². The highest BCUT2D eigenvalue weighted by Crippen LogP contribution is 2.21. The van der Waals surface area contributed by atoms with Crippen molar-refractivity contribution in [1.29, 1.82) is 0 Å². The Morgan fingerprint density at radius 1 is 0.974 bits per heavy atom. The molecule has 7 nitrogen and oxygen atoms in total. The maximum Gasteiger partial charge on any atom is 0.246 e. The van der Waals surface area contributed by atoms with Crippen LogP contribution in [0.25, 0.3) is 10.8 Å². The molecule has 3 aromatic rings. The number of rotatable bonds is 11. The number of amides is 3. The van der Waals surface area contributed by atoms with Gasteiger partial charge in [0, 0.05) is 44.4 Å². The van der Waals surface area contributed by atoms with Crippen molar-refractivity contribution in [3.8, 4) is 0 Å². The van der Waals surface area contributed by atoms with Gasteiger partial charge < -0.3 is 20.9 Å². The Labute approximate surface area is 229 Å². The Hall–Kier alpha value is -3.49. The summed E-state index contributed by atoms with van der Waals surface area (Å²) in [6.07, 6.45) is 4.44. The fourth-order valence-electron chi connectivity index (χ4n) is 4.29. The second-order valence-electron chi connectivity index (χ2n) is 10.3. The van der Waals surface area contributed by atoms with Gasteiger partial charge in [0.25, 0.3) is 0 Å². The number of nitrogens with zero attached hydrogens (tertiary/aromatic N) is 2. The van der Waals surface area contributed by atoms with Crippen LogP contribution in [0, 0.1) is 0 Å². The molecule has 38 heavy (non-hydrogen) atoms. The number of likely N-dealkylation sites (N-methyl/N-ethyl adjacent to an activating group) is 3. The van der Waals surface area contributed by atoms with E-state index in [1.165, 1.54) is 15.9 Å². The maximum atomic E-state index is 14.0. The molecule has 0 aliphatic rings. The van der Waals surface area contributed by atoms with Crippen molar-refractivity contribution in [1.82, 2.24) is 15.1 Å². The molecule has 2 atom stereocenters. The number of nitrogens with one attached hydrogen (secondary N) is 1. The lowest BCUT2D eigenvalue weighted by molar-refractivity contribution is -0.146. The van der Waals surface area contributed by atoms with E-state index in [0.29, 0.717) is 19.3 Å². The van der Waals surface area contributed by atoms with Gasteiger partial charge in [0.05, 0.1) is 0 Å². The SMILES string of the molecule is CNC(=O)[C@@H](Cc1cccs1)N(C)C(=O)[C@@H](Cc1ccc2ccccc2c1)N(C)C(=O)/C=C/CC(C)(C)N. The molecule has 3 amide bonds. The number of hydrogen-bond donors (Lipinski definition) is 2. The van der Waals surface area contributed by atoms with Gasteiger partial charge in [0.2, 0.25) is 17.7 Å². The summed E-state index contributed by atoms with van der Waals surface area (Å²) < 4.78 is 0. The van der Waals surface area contributed by atoms with Gasteiger partial charge >= 0.3 is 0 Å². The van der Waals surface area contributed by atoms with E-state index < -0.39 is 17.6 Å². The molecule has 0 fully saturated rings. The van der Waals surface area contributed by atoms with Crippen molar-refractivity contribution in [2.45, 2.75) is 50.7 Å². The summed E-state index contributed by atoms with van der Waals surface area (Å²) in [7, 11) is 4.83. The van der Waals surface area contributed by atoms with E-state index in [-0.39, 0.29) is 17.7 Å². The molecule has 3 N–H and O–H groups in total. The Balaban J connectivity index is 1.92. The second kappa shape index (κ2) is 12.8. The lowest BCUT2D eigenvalue weighted by atomic mass is 9.99. The van der Waals surface area contributed by atoms with Crippen LogP contribution in [0.1, 0.15) is 30.7 Å². The van der Waals surface area contributed by atoms with Crippen molar-refractivity contribution in [2.24, 2.45) is 5.73 Å². The first-order chi connectivity index (χ1) is 18.0. The summed E-state index contributed by atoms with van der Waals surface area (Å²) in [6, 6.07) is 16.4. The predicted molar refractivity (Wildman–Crippen MR) is 155 cm³/mol. The van der Waals surface area contributed by atoms with E-state index in [2.05, 4.69) is 5.32 Å². The topological polar surface area (TPSA) is 95.7 Å². The first kappa shape index (κ1) is 29.1. The van der Waals surface area contributed by atoms with Crippen molar-refractivity contribution >= 4 is 39.8 Å². The number of carbonyl (C=O) groups is 3. The Morgan fingerprint density at radius 2 is 1.68 bits per heavy atom. The van der Waals surface area contributed by atoms with E-state index in [9.17, 15) is 14.4 Å². The van der Waals surface area contributed by atoms with E-state index in [0.717, 1.165) is 21.2 Å². The van der Waals surface area contributed by atoms with Gasteiger partial charge in [0.1, 0.15) is 12.1 Å². The summed E-state index contributed by atoms with van der Waals surface area (Å²) in [5.41, 5.74) is 6.53. The summed E-state index contributed by atoms with van der Waals surface area (Å²) in [5.74, 6) is -0.846. The zero-order chi connectivity index (χ0) is 27.9. The summed E-state index contributed by atoms with van der Waals surface area (Å²) >= 11 is 1.54.